The Morgan fingerprint density at radius 3 is 2.52 bits per heavy atom. The van der Waals surface area contributed by atoms with Crippen molar-refractivity contribution in [2.75, 3.05) is 13.1 Å². The largest absolute Gasteiger partial charge is 0.393 e. The molecule has 2 N–H and O–H groups in total. The molecule has 0 unspecified atom stereocenters. The number of aliphatic hydroxyl groups excluding tert-OH is 1. The third-order valence-electron chi connectivity index (χ3n) is 4.44. The Morgan fingerprint density at radius 1 is 1.30 bits per heavy atom. The van der Waals surface area contributed by atoms with Crippen LogP contribution in [0.2, 0.25) is 0 Å². The Bertz CT molecular complexity index is 564. The standard InChI is InChI=1S/C17H24F2N2O2/c1-10(2)16(12-4-5-14(18)15(19)8-12)20-17(23)21-7-6-13(9-21)11(3)22/h4-5,8,10-11,13,16,22H,6-7,9H2,1-3H3,(H,20,23)/t11-,13+,16+/m1/s1. The normalized spacial score (nSPS) is 20.7. The molecule has 6 heteroatoms. The van der Waals surface area contributed by atoms with Gasteiger partial charge in [0, 0.05) is 19.0 Å². The van der Waals surface area contributed by atoms with Crippen molar-refractivity contribution in [2.24, 2.45) is 11.8 Å². The number of halogens is 2. The second-order valence-corrected chi connectivity index (χ2v) is 6.58. The van der Waals surface area contributed by atoms with E-state index in [0.29, 0.717) is 18.7 Å². The average Bonchev–Trinajstić information content (AvgIpc) is 2.97. The second kappa shape index (κ2) is 7.25. The first-order valence-electron chi connectivity index (χ1n) is 7.98. The van der Waals surface area contributed by atoms with Gasteiger partial charge in [0.05, 0.1) is 12.1 Å². The number of carbonyl (C=O) groups excluding carboxylic acids is 1. The van der Waals surface area contributed by atoms with E-state index >= 15 is 0 Å². The monoisotopic (exact) mass is 326 g/mol. The van der Waals surface area contributed by atoms with E-state index < -0.39 is 23.8 Å². The number of aliphatic hydroxyl groups is 1. The molecule has 1 aromatic carbocycles. The van der Waals surface area contributed by atoms with Crippen LogP contribution in [0.1, 0.15) is 38.8 Å². The minimum absolute atomic E-state index is 0.0268. The summed E-state index contributed by atoms with van der Waals surface area (Å²) in [6.45, 7) is 6.64. The molecule has 0 radical (unpaired) electrons. The van der Waals surface area contributed by atoms with Gasteiger partial charge < -0.3 is 15.3 Å². The molecule has 128 valence electrons. The van der Waals surface area contributed by atoms with Crippen molar-refractivity contribution in [2.45, 2.75) is 39.3 Å². The highest BCUT2D eigenvalue weighted by Gasteiger charge is 2.30. The second-order valence-electron chi connectivity index (χ2n) is 6.58. The molecule has 2 rings (SSSR count). The van der Waals surface area contributed by atoms with Crippen molar-refractivity contribution in [1.29, 1.82) is 0 Å². The number of rotatable bonds is 4. The Morgan fingerprint density at radius 2 is 2.00 bits per heavy atom. The quantitative estimate of drug-likeness (QED) is 0.893. The molecule has 1 aliphatic heterocycles. The number of hydrogen-bond donors (Lipinski definition) is 2. The fourth-order valence-corrected chi connectivity index (χ4v) is 2.93. The maximum atomic E-state index is 13.5. The molecule has 1 heterocycles. The summed E-state index contributed by atoms with van der Waals surface area (Å²) in [6, 6.07) is 3.06. The Balaban J connectivity index is 2.08. The van der Waals surface area contributed by atoms with Crippen molar-refractivity contribution in [3.05, 3.63) is 35.4 Å². The molecule has 0 saturated carbocycles. The summed E-state index contributed by atoms with van der Waals surface area (Å²) >= 11 is 0. The van der Waals surface area contributed by atoms with Gasteiger partial charge >= 0.3 is 6.03 Å². The molecule has 1 fully saturated rings. The predicted octanol–water partition coefficient (Wildman–Crippen LogP) is 3.07. The number of likely N-dealkylation sites (tertiary alicyclic amines) is 1. The van der Waals surface area contributed by atoms with Crippen LogP contribution in [0.15, 0.2) is 18.2 Å². The number of amides is 2. The van der Waals surface area contributed by atoms with Crippen molar-refractivity contribution in [1.82, 2.24) is 10.2 Å². The summed E-state index contributed by atoms with van der Waals surface area (Å²) < 4.78 is 26.6. The van der Waals surface area contributed by atoms with Gasteiger partial charge in [-0.05, 0) is 37.0 Å². The number of benzene rings is 1. The highest BCUT2D eigenvalue weighted by molar-refractivity contribution is 5.75. The van der Waals surface area contributed by atoms with E-state index in [0.717, 1.165) is 18.6 Å². The molecular formula is C17H24F2N2O2. The lowest BCUT2D eigenvalue weighted by Crippen LogP contribution is -2.42. The SMILES string of the molecule is CC(C)[C@H](NC(=O)N1CC[C@H]([C@@H](C)O)C1)c1ccc(F)c(F)c1. The lowest BCUT2D eigenvalue weighted by molar-refractivity contribution is 0.128. The van der Waals surface area contributed by atoms with Crippen LogP contribution in [0.5, 0.6) is 0 Å². The Hall–Kier alpha value is -1.69. The average molecular weight is 326 g/mol. The van der Waals surface area contributed by atoms with E-state index in [2.05, 4.69) is 5.32 Å². The molecule has 1 saturated heterocycles. The summed E-state index contributed by atoms with van der Waals surface area (Å²) in [5, 5.41) is 12.5. The number of hydrogen-bond acceptors (Lipinski definition) is 2. The van der Waals surface area contributed by atoms with Gasteiger partial charge in [-0.1, -0.05) is 19.9 Å². The summed E-state index contributed by atoms with van der Waals surface area (Å²) in [7, 11) is 0. The third kappa shape index (κ3) is 4.19. The van der Waals surface area contributed by atoms with Gasteiger partial charge in [0.1, 0.15) is 0 Å². The lowest BCUT2D eigenvalue weighted by atomic mass is 9.96. The summed E-state index contributed by atoms with van der Waals surface area (Å²) in [4.78, 5) is 14.1. The maximum Gasteiger partial charge on any atom is 0.317 e. The van der Waals surface area contributed by atoms with Crippen LogP contribution < -0.4 is 5.32 Å². The summed E-state index contributed by atoms with van der Waals surface area (Å²) in [6.07, 6.45) is 0.322. The Labute approximate surface area is 135 Å². The minimum Gasteiger partial charge on any atom is -0.393 e. The number of carbonyl (C=O) groups is 1. The van der Waals surface area contributed by atoms with Gasteiger partial charge in [-0.25, -0.2) is 13.6 Å². The highest BCUT2D eigenvalue weighted by Crippen LogP contribution is 2.25. The summed E-state index contributed by atoms with van der Waals surface area (Å²) in [5.41, 5.74) is 0.540. The van der Waals surface area contributed by atoms with E-state index in [1.807, 2.05) is 13.8 Å². The number of urea groups is 1. The van der Waals surface area contributed by atoms with Gasteiger partial charge in [0.15, 0.2) is 11.6 Å². The van der Waals surface area contributed by atoms with E-state index in [9.17, 15) is 18.7 Å². The van der Waals surface area contributed by atoms with Crippen molar-refractivity contribution in [3.8, 4) is 0 Å². The molecular weight excluding hydrogens is 302 g/mol. The molecule has 4 nitrogen and oxygen atoms in total. The molecule has 0 spiro atoms. The van der Waals surface area contributed by atoms with Gasteiger partial charge in [-0.2, -0.15) is 0 Å². The minimum atomic E-state index is -0.919. The van der Waals surface area contributed by atoms with Crippen molar-refractivity contribution < 1.29 is 18.7 Å². The van der Waals surface area contributed by atoms with Crippen molar-refractivity contribution in [3.63, 3.8) is 0 Å². The van der Waals surface area contributed by atoms with Crippen LogP contribution in [0.4, 0.5) is 13.6 Å². The van der Waals surface area contributed by atoms with Crippen molar-refractivity contribution >= 4 is 6.03 Å². The Kier molecular flexibility index (Phi) is 5.57. The van der Waals surface area contributed by atoms with Crippen LogP contribution in [-0.2, 0) is 0 Å². The fraction of sp³-hybridized carbons (Fsp3) is 0.588. The predicted molar refractivity (Wildman–Crippen MR) is 83.8 cm³/mol. The first kappa shape index (κ1) is 17.7. The van der Waals surface area contributed by atoms with Crippen LogP contribution in [0.3, 0.4) is 0 Å². The first-order valence-corrected chi connectivity index (χ1v) is 7.98. The molecule has 1 aromatic rings. The zero-order valence-corrected chi connectivity index (χ0v) is 13.7. The summed E-state index contributed by atoms with van der Waals surface area (Å²) in [5.74, 6) is -1.71. The van der Waals surface area contributed by atoms with Gasteiger partial charge in [-0.3, -0.25) is 0 Å². The highest BCUT2D eigenvalue weighted by atomic mass is 19.2. The molecule has 2 amide bonds. The fourth-order valence-electron chi connectivity index (χ4n) is 2.93. The molecule has 0 aliphatic carbocycles. The van der Waals surface area contributed by atoms with Gasteiger partial charge in [0.25, 0.3) is 0 Å². The smallest absolute Gasteiger partial charge is 0.317 e. The van der Waals surface area contributed by atoms with E-state index in [1.165, 1.54) is 6.07 Å². The van der Waals surface area contributed by atoms with Crippen LogP contribution >= 0.6 is 0 Å². The molecule has 3 atom stereocenters. The first-order chi connectivity index (χ1) is 10.8. The van der Waals surface area contributed by atoms with E-state index in [-0.39, 0.29) is 17.9 Å². The van der Waals surface area contributed by atoms with Crippen LogP contribution in [0.25, 0.3) is 0 Å². The molecule has 0 aromatic heterocycles. The molecule has 0 bridgehead atoms. The third-order valence-corrected chi connectivity index (χ3v) is 4.44. The van der Waals surface area contributed by atoms with Crippen LogP contribution in [-0.4, -0.2) is 35.2 Å². The van der Waals surface area contributed by atoms with Gasteiger partial charge in [0.2, 0.25) is 0 Å². The molecule has 23 heavy (non-hydrogen) atoms. The van der Waals surface area contributed by atoms with E-state index in [1.54, 1.807) is 11.8 Å². The van der Waals surface area contributed by atoms with Gasteiger partial charge in [-0.15, -0.1) is 0 Å². The maximum absolute atomic E-state index is 13.5. The number of nitrogens with one attached hydrogen (secondary N) is 1. The lowest BCUT2D eigenvalue weighted by Gasteiger charge is -2.26. The topological polar surface area (TPSA) is 52.6 Å². The zero-order valence-electron chi connectivity index (χ0n) is 13.7. The number of nitrogens with zero attached hydrogens (tertiary/aromatic N) is 1. The van der Waals surface area contributed by atoms with E-state index in [4.69, 9.17) is 0 Å². The molecule has 1 aliphatic rings. The van der Waals surface area contributed by atoms with Crippen LogP contribution in [0, 0.1) is 23.5 Å². The zero-order chi connectivity index (χ0) is 17.1.